The normalized spacial score (nSPS) is 11.9. The lowest BCUT2D eigenvalue weighted by Crippen LogP contribution is -2.17. The summed E-state index contributed by atoms with van der Waals surface area (Å²) in [7, 11) is 0. The number of carboxylic acids is 1. The van der Waals surface area contributed by atoms with Crippen LogP contribution in [0.4, 0.5) is 15.9 Å². The quantitative estimate of drug-likeness (QED) is 0.168. The molecule has 0 aliphatic rings. The van der Waals surface area contributed by atoms with Crippen molar-refractivity contribution in [1.29, 1.82) is 0 Å². The molecule has 0 radical (unpaired) electrons. The van der Waals surface area contributed by atoms with Gasteiger partial charge >= 0.3 is 5.97 Å². The molecular weight excluding hydrogens is 509 g/mol. The number of halogens is 1. The van der Waals surface area contributed by atoms with Gasteiger partial charge in [0.05, 0.1) is 24.1 Å². The van der Waals surface area contributed by atoms with Crippen LogP contribution in [0, 0.1) is 12.7 Å². The number of nitrogens with one attached hydrogen (secondary N) is 2. The van der Waals surface area contributed by atoms with Gasteiger partial charge in [0.15, 0.2) is 11.6 Å². The van der Waals surface area contributed by atoms with Gasteiger partial charge in [0.25, 0.3) is 0 Å². The highest BCUT2D eigenvalue weighted by molar-refractivity contribution is 5.97. The van der Waals surface area contributed by atoms with Crippen LogP contribution in [-0.4, -0.2) is 32.6 Å². The summed E-state index contributed by atoms with van der Waals surface area (Å²) >= 11 is 0. The lowest BCUT2D eigenvalue weighted by molar-refractivity contribution is 0.0697. The van der Waals surface area contributed by atoms with E-state index in [1.165, 1.54) is 0 Å². The van der Waals surface area contributed by atoms with Crippen LogP contribution < -0.4 is 15.8 Å². The fourth-order valence-electron chi connectivity index (χ4n) is 4.90. The smallest absolute Gasteiger partial charge is 0.336 e. The van der Waals surface area contributed by atoms with Crippen LogP contribution >= 0.6 is 0 Å². The first-order valence-electron chi connectivity index (χ1n) is 13.0. The number of carboxylic acid groups (broad SMARTS) is 1. The van der Waals surface area contributed by atoms with E-state index in [1.54, 1.807) is 49.6 Å². The number of hydrogen-bond acceptors (Lipinski definition) is 6. The minimum atomic E-state index is -1.04. The topological polar surface area (TPSA) is 126 Å². The number of rotatable bonds is 9. The molecule has 1 unspecified atom stereocenters. The Balaban J connectivity index is 1.66. The molecule has 0 fully saturated rings. The Labute approximate surface area is 231 Å². The van der Waals surface area contributed by atoms with Crippen LogP contribution in [-0.2, 0) is 6.42 Å². The number of nitrogens with two attached hydrogens (primary N) is 1. The van der Waals surface area contributed by atoms with E-state index >= 15 is 4.39 Å². The second kappa shape index (κ2) is 11.1. The van der Waals surface area contributed by atoms with Gasteiger partial charge in [-0.15, -0.1) is 0 Å². The van der Waals surface area contributed by atoms with Crippen LogP contribution in [0.1, 0.15) is 52.8 Å². The zero-order valence-electron chi connectivity index (χ0n) is 22.5. The van der Waals surface area contributed by atoms with E-state index in [-0.39, 0.29) is 11.3 Å². The highest BCUT2D eigenvalue weighted by Gasteiger charge is 2.26. The number of fused-ring (bicyclic) bond motifs is 1. The molecule has 5 rings (SSSR count). The average Bonchev–Trinajstić information content (AvgIpc) is 3.43. The lowest BCUT2D eigenvalue weighted by atomic mass is 9.99. The first kappa shape index (κ1) is 26.7. The Morgan fingerprint density at radius 1 is 1.15 bits per heavy atom. The SMILES string of the molecule is CCOc1cc(CC)cc(C(Nc2ccc3c(N)nccc3c2)c2ncc(-c3cccc(C)c3C(=O)O)[nH]2)c1F. The van der Waals surface area contributed by atoms with Crippen molar-refractivity contribution in [3.63, 3.8) is 0 Å². The number of anilines is 2. The number of nitrogen functional groups attached to an aromatic ring is 1. The van der Waals surface area contributed by atoms with Gasteiger partial charge in [-0.25, -0.2) is 19.2 Å². The predicted molar refractivity (Wildman–Crippen MR) is 154 cm³/mol. The van der Waals surface area contributed by atoms with Crippen LogP contribution in [0.2, 0.25) is 0 Å². The summed E-state index contributed by atoms with van der Waals surface area (Å²) in [5.41, 5.74) is 9.82. The van der Waals surface area contributed by atoms with Crippen LogP contribution in [0.5, 0.6) is 5.75 Å². The monoisotopic (exact) mass is 539 g/mol. The summed E-state index contributed by atoms with van der Waals surface area (Å²) in [6.07, 6.45) is 3.89. The molecule has 8 nitrogen and oxygen atoms in total. The number of aromatic amines is 1. The minimum Gasteiger partial charge on any atom is -0.491 e. The maximum atomic E-state index is 16.0. The molecular formula is C31H30FN5O3. The summed E-state index contributed by atoms with van der Waals surface area (Å²) in [5.74, 6) is -0.527. The Hall–Kier alpha value is -4.92. The number of aryl methyl sites for hydroxylation is 2. The number of imidazole rings is 1. The van der Waals surface area contributed by atoms with Crippen molar-refractivity contribution in [2.75, 3.05) is 17.7 Å². The fourth-order valence-corrected chi connectivity index (χ4v) is 4.90. The summed E-state index contributed by atoms with van der Waals surface area (Å²) in [5, 5.41) is 15.0. The molecule has 0 aliphatic heterocycles. The van der Waals surface area contributed by atoms with E-state index in [9.17, 15) is 9.90 Å². The fraction of sp³-hybridized carbons (Fsp3) is 0.194. The maximum absolute atomic E-state index is 16.0. The van der Waals surface area contributed by atoms with Crippen molar-refractivity contribution in [2.45, 2.75) is 33.2 Å². The first-order valence-corrected chi connectivity index (χ1v) is 13.0. The van der Waals surface area contributed by atoms with E-state index in [4.69, 9.17) is 10.5 Å². The number of carbonyl (C=O) groups is 1. The molecule has 5 N–H and O–H groups in total. The van der Waals surface area contributed by atoms with E-state index in [1.807, 2.05) is 38.1 Å². The third-order valence-electron chi connectivity index (χ3n) is 6.90. The Kier molecular flexibility index (Phi) is 7.37. The van der Waals surface area contributed by atoms with Gasteiger partial charge in [0, 0.05) is 28.4 Å². The number of aromatic carboxylic acids is 1. The third kappa shape index (κ3) is 5.05. The van der Waals surface area contributed by atoms with E-state index in [0.29, 0.717) is 52.7 Å². The Morgan fingerprint density at radius 2 is 1.98 bits per heavy atom. The van der Waals surface area contributed by atoms with Gasteiger partial charge in [0.2, 0.25) is 0 Å². The lowest BCUT2D eigenvalue weighted by Gasteiger charge is -2.22. The molecule has 0 amide bonds. The molecule has 3 aromatic carbocycles. The van der Waals surface area contributed by atoms with Crippen molar-refractivity contribution in [3.05, 3.63) is 101 Å². The van der Waals surface area contributed by atoms with Crippen LogP contribution in [0.25, 0.3) is 22.0 Å². The van der Waals surface area contributed by atoms with Gasteiger partial charge < -0.3 is 25.9 Å². The molecule has 0 bridgehead atoms. The molecule has 40 heavy (non-hydrogen) atoms. The first-order chi connectivity index (χ1) is 19.3. The largest absolute Gasteiger partial charge is 0.491 e. The van der Waals surface area contributed by atoms with Crippen LogP contribution in [0.15, 0.2) is 67.0 Å². The van der Waals surface area contributed by atoms with E-state index < -0.39 is 17.8 Å². The molecule has 0 spiro atoms. The second-order valence-electron chi connectivity index (χ2n) is 9.48. The average molecular weight is 540 g/mol. The molecule has 0 aliphatic carbocycles. The number of nitrogens with zero attached hydrogens (tertiary/aromatic N) is 2. The second-order valence-corrected chi connectivity index (χ2v) is 9.48. The molecule has 9 heteroatoms. The van der Waals surface area contributed by atoms with Crippen molar-refractivity contribution < 1.29 is 19.0 Å². The molecule has 1 atom stereocenters. The molecule has 5 aromatic rings. The van der Waals surface area contributed by atoms with E-state index in [0.717, 1.165) is 16.3 Å². The number of hydrogen-bond donors (Lipinski definition) is 4. The highest BCUT2D eigenvalue weighted by Crippen LogP contribution is 2.35. The zero-order valence-corrected chi connectivity index (χ0v) is 22.5. The predicted octanol–water partition coefficient (Wildman–Crippen LogP) is 6.52. The summed E-state index contributed by atoms with van der Waals surface area (Å²) in [4.78, 5) is 24.0. The zero-order chi connectivity index (χ0) is 28.4. The van der Waals surface area contributed by atoms with E-state index in [2.05, 4.69) is 20.3 Å². The van der Waals surface area contributed by atoms with Crippen LogP contribution in [0.3, 0.4) is 0 Å². The van der Waals surface area contributed by atoms with Gasteiger partial charge in [-0.05, 0) is 67.1 Å². The molecule has 2 aromatic heterocycles. The molecule has 0 saturated heterocycles. The Bertz CT molecular complexity index is 1720. The van der Waals surface area contributed by atoms with Crippen molar-refractivity contribution in [1.82, 2.24) is 15.0 Å². The van der Waals surface area contributed by atoms with Gasteiger partial charge in [-0.1, -0.05) is 31.2 Å². The molecule has 0 saturated carbocycles. The maximum Gasteiger partial charge on any atom is 0.336 e. The summed E-state index contributed by atoms with van der Waals surface area (Å²) in [6, 6.07) is 15.5. The third-order valence-corrected chi connectivity index (χ3v) is 6.90. The van der Waals surface area contributed by atoms with Gasteiger partial charge in [-0.3, -0.25) is 0 Å². The van der Waals surface area contributed by atoms with Gasteiger partial charge in [-0.2, -0.15) is 0 Å². The number of H-pyrrole nitrogens is 1. The van der Waals surface area contributed by atoms with Gasteiger partial charge in [0.1, 0.15) is 17.7 Å². The highest BCUT2D eigenvalue weighted by atomic mass is 19.1. The standard InChI is InChI=1S/C31H30FN5O3/c1-4-18-13-23(27(32)25(14-18)40-5-2)28(36-20-9-10-21-19(15-20)11-12-34-29(21)33)30-35-16-24(37-30)22-8-6-7-17(3)26(22)31(38)39/h6-16,28,36H,4-5H2,1-3H3,(H2,33,34)(H,35,37)(H,38,39). The summed E-state index contributed by atoms with van der Waals surface area (Å²) < 4.78 is 21.6. The number of pyridine rings is 1. The summed E-state index contributed by atoms with van der Waals surface area (Å²) in [6.45, 7) is 5.87. The molecule has 204 valence electrons. The van der Waals surface area contributed by atoms with Crippen molar-refractivity contribution in [2.24, 2.45) is 0 Å². The number of ether oxygens (including phenoxy) is 1. The Morgan fingerprint density at radius 3 is 2.73 bits per heavy atom. The number of aromatic nitrogens is 3. The number of benzene rings is 3. The molecule has 2 heterocycles. The van der Waals surface area contributed by atoms with Crippen molar-refractivity contribution >= 4 is 28.2 Å². The van der Waals surface area contributed by atoms with Crippen molar-refractivity contribution in [3.8, 4) is 17.0 Å². The minimum absolute atomic E-state index is 0.166.